The topological polar surface area (TPSA) is 27.1 Å². The van der Waals surface area contributed by atoms with Crippen molar-refractivity contribution in [1.82, 2.24) is 9.78 Å². The van der Waals surface area contributed by atoms with Crippen molar-refractivity contribution in [3.05, 3.63) is 12.4 Å². The molecule has 1 aromatic rings. The van der Waals surface area contributed by atoms with Gasteiger partial charge in [-0.3, -0.25) is 4.68 Å². The standard InChI is InChI=1S/C14H21ClN2O/c1-2-17-10-11(9-16-17)18-13-8-12(15)14(13)6-4-3-5-7-14/h9-10,12-13H,2-8H2,1H3. The van der Waals surface area contributed by atoms with Crippen LogP contribution >= 0.6 is 11.6 Å². The van der Waals surface area contributed by atoms with Gasteiger partial charge in [-0.15, -0.1) is 11.6 Å². The van der Waals surface area contributed by atoms with Gasteiger partial charge >= 0.3 is 0 Å². The van der Waals surface area contributed by atoms with Crippen LogP contribution in [0.2, 0.25) is 0 Å². The molecule has 18 heavy (non-hydrogen) atoms. The molecule has 0 radical (unpaired) electrons. The van der Waals surface area contributed by atoms with Crippen molar-refractivity contribution in [2.75, 3.05) is 0 Å². The van der Waals surface area contributed by atoms with Gasteiger partial charge in [-0.1, -0.05) is 19.3 Å². The van der Waals surface area contributed by atoms with E-state index in [0.29, 0.717) is 11.5 Å². The Bertz CT molecular complexity index is 412. The lowest BCUT2D eigenvalue weighted by Gasteiger charge is -2.54. The van der Waals surface area contributed by atoms with Crippen molar-refractivity contribution in [2.45, 2.75) is 63.5 Å². The van der Waals surface area contributed by atoms with Gasteiger partial charge in [0.2, 0.25) is 0 Å². The average Bonchev–Trinajstić information content (AvgIpc) is 2.87. The van der Waals surface area contributed by atoms with E-state index in [9.17, 15) is 0 Å². The average molecular weight is 269 g/mol. The second-order valence-corrected chi connectivity index (χ2v) is 6.16. The molecular formula is C14H21ClN2O. The molecule has 2 aliphatic rings. The second kappa shape index (κ2) is 4.76. The van der Waals surface area contributed by atoms with Crippen LogP contribution < -0.4 is 4.74 Å². The van der Waals surface area contributed by atoms with Gasteiger partial charge < -0.3 is 4.74 Å². The van der Waals surface area contributed by atoms with Crippen LogP contribution in [-0.4, -0.2) is 21.3 Å². The predicted octanol–water partition coefficient (Wildman–Crippen LogP) is 3.61. The van der Waals surface area contributed by atoms with Crippen LogP contribution in [0.25, 0.3) is 0 Å². The molecule has 4 heteroatoms. The molecule has 2 fully saturated rings. The van der Waals surface area contributed by atoms with E-state index in [1.807, 2.05) is 17.1 Å². The molecule has 0 N–H and O–H groups in total. The van der Waals surface area contributed by atoms with Crippen molar-refractivity contribution in [3.8, 4) is 5.75 Å². The Hall–Kier alpha value is -0.700. The molecule has 1 spiro atoms. The zero-order valence-corrected chi connectivity index (χ0v) is 11.7. The van der Waals surface area contributed by atoms with Crippen LogP contribution in [0.3, 0.4) is 0 Å². The Balaban J connectivity index is 1.69. The maximum Gasteiger partial charge on any atom is 0.157 e. The van der Waals surface area contributed by atoms with Gasteiger partial charge in [-0.2, -0.15) is 5.10 Å². The summed E-state index contributed by atoms with van der Waals surface area (Å²) in [5, 5.41) is 4.57. The van der Waals surface area contributed by atoms with Gasteiger partial charge in [-0.05, 0) is 19.8 Å². The van der Waals surface area contributed by atoms with E-state index in [0.717, 1.165) is 18.7 Å². The number of aryl methyl sites for hydroxylation is 1. The Morgan fingerprint density at radius 1 is 1.44 bits per heavy atom. The van der Waals surface area contributed by atoms with Crippen molar-refractivity contribution < 1.29 is 4.74 Å². The Morgan fingerprint density at radius 3 is 2.83 bits per heavy atom. The molecular weight excluding hydrogens is 248 g/mol. The summed E-state index contributed by atoms with van der Waals surface area (Å²) in [7, 11) is 0. The lowest BCUT2D eigenvalue weighted by molar-refractivity contribution is -0.0650. The monoisotopic (exact) mass is 268 g/mol. The van der Waals surface area contributed by atoms with Gasteiger partial charge in [0.05, 0.1) is 12.4 Å². The van der Waals surface area contributed by atoms with E-state index in [2.05, 4.69) is 12.0 Å². The van der Waals surface area contributed by atoms with Crippen LogP contribution in [0, 0.1) is 5.41 Å². The molecule has 0 saturated heterocycles. The van der Waals surface area contributed by atoms with Crippen LogP contribution in [0.15, 0.2) is 12.4 Å². The first-order chi connectivity index (χ1) is 8.74. The predicted molar refractivity (Wildman–Crippen MR) is 72.1 cm³/mol. The molecule has 0 aromatic carbocycles. The van der Waals surface area contributed by atoms with E-state index in [4.69, 9.17) is 16.3 Å². The van der Waals surface area contributed by atoms with Crippen LogP contribution in [0.5, 0.6) is 5.75 Å². The van der Waals surface area contributed by atoms with E-state index < -0.39 is 0 Å². The Kier molecular flexibility index (Phi) is 3.27. The maximum absolute atomic E-state index is 6.48. The van der Waals surface area contributed by atoms with Gasteiger partial charge in [-0.25, -0.2) is 0 Å². The number of halogens is 1. The smallest absolute Gasteiger partial charge is 0.157 e. The van der Waals surface area contributed by atoms with E-state index in [-0.39, 0.29) is 5.41 Å². The third-order valence-electron chi connectivity index (χ3n) is 4.68. The van der Waals surface area contributed by atoms with Crippen LogP contribution in [0.1, 0.15) is 45.4 Å². The minimum absolute atomic E-state index is 0.244. The normalized spacial score (nSPS) is 30.1. The molecule has 2 unspecified atom stereocenters. The molecule has 2 saturated carbocycles. The molecule has 0 aliphatic heterocycles. The number of hydrogen-bond donors (Lipinski definition) is 0. The highest BCUT2D eigenvalue weighted by Crippen LogP contribution is 2.55. The molecule has 2 atom stereocenters. The number of hydrogen-bond acceptors (Lipinski definition) is 2. The van der Waals surface area contributed by atoms with Crippen molar-refractivity contribution in [3.63, 3.8) is 0 Å². The first-order valence-electron chi connectivity index (χ1n) is 7.08. The Labute approximate surface area is 113 Å². The fourth-order valence-electron chi connectivity index (χ4n) is 3.45. The second-order valence-electron chi connectivity index (χ2n) is 5.64. The highest BCUT2D eigenvalue weighted by Gasteiger charge is 2.55. The Morgan fingerprint density at radius 2 is 2.22 bits per heavy atom. The van der Waals surface area contributed by atoms with E-state index >= 15 is 0 Å². The van der Waals surface area contributed by atoms with Crippen molar-refractivity contribution >= 4 is 11.6 Å². The molecule has 1 aromatic heterocycles. The molecule has 0 bridgehead atoms. The molecule has 3 rings (SSSR count). The van der Waals surface area contributed by atoms with Gasteiger partial charge in [0.25, 0.3) is 0 Å². The fourth-order valence-corrected chi connectivity index (χ4v) is 3.97. The third kappa shape index (κ3) is 1.93. The van der Waals surface area contributed by atoms with Crippen LogP contribution in [0.4, 0.5) is 0 Å². The number of rotatable bonds is 3. The number of ether oxygens (including phenoxy) is 1. The van der Waals surface area contributed by atoms with E-state index in [1.54, 1.807) is 0 Å². The van der Waals surface area contributed by atoms with Gasteiger partial charge in [0, 0.05) is 23.8 Å². The highest BCUT2D eigenvalue weighted by molar-refractivity contribution is 6.21. The minimum atomic E-state index is 0.244. The summed E-state index contributed by atoms with van der Waals surface area (Å²) < 4.78 is 8.03. The fraction of sp³-hybridized carbons (Fsp3) is 0.786. The largest absolute Gasteiger partial charge is 0.486 e. The summed E-state index contributed by atoms with van der Waals surface area (Å²) in [4.78, 5) is 0. The summed E-state index contributed by atoms with van der Waals surface area (Å²) in [6, 6.07) is 0. The maximum atomic E-state index is 6.48. The first-order valence-corrected chi connectivity index (χ1v) is 7.51. The lowest BCUT2D eigenvalue weighted by Crippen LogP contribution is -2.58. The first kappa shape index (κ1) is 12.3. The zero-order chi connectivity index (χ0) is 12.6. The van der Waals surface area contributed by atoms with Gasteiger partial charge in [0.1, 0.15) is 6.10 Å². The quantitative estimate of drug-likeness (QED) is 0.783. The zero-order valence-electron chi connectivity index (χ0n) is 10.9. The summed E-state index contributed by atoms with van der Waals surface area (Å²) in [6.07, 6.45) is 11.5. The summed E-state index contributed by atoms with van der Waals surface area (Å²) >= 11 is 6.48. The van der Waals surface area contributed by atoms with Crippen molar-refractivity contribution in [1.29, 1.82) is 0 Å². The summed E-state index contributed by atoms with van der Waals surface area (Å²) in [6.45, 7) is 2.97. The molecule has 1 heterocycles. The lowest BCUT2D eigenvalue weighted by atomic mass is 9.58. The molecule has 100 valence electrons. The number of nitrogens with zero attached hydrogens (tertiary/aromatic N) is 2. The summed E-state index contributed by atoms with van der Waals surface area (Å²) in [5.74, 6) is 0.898. The third-order valence-corrected chi connectivity index (χ3v) is 5.30. The van der Waals surface area contributed by atoms with Crippen LogP contribution in [-0.2, 0) is 6.54 Å². The minimum Gasteiger partial charge on any atom is -0.486 e. The molecule has 0 amide bonds. The SMILES string of the molecule is CCn1cc(OC2CC(Cl)C23CCCCC3)cn1. The van der Waals surface area contributed by atoms with E-state index in [1.165, 1.54) is 32.1 Å². The van der Waals surface area contributed by atoms with Crippen molar-refractivity contribution in [2.24, 2.45) is 5.41 Å². The molecule has 2 aliphatic carbocycles. The highest BCUT2D eigenvalue weighted by atomic mass is 35.5. The summed E-state index contributed by atoms with van der Waals surface area (Å²) in [5.41, 5.74) is 0.244. The van der Waals surface area contributed by atoms with Gasteiger partial charge in [0.15, 0.2) is 5.75 Å². The number of alkyl halides is 1. The molecule has 3 nitrogen and oxygen atoms in total. The number of aromatic nitrogens is 2.